The molecule has 0 radical (unpaired) electrons. The number of methoxy groups -OCH3 is 2. The van der Waals surface area contributed by atoms with Crippen LogP contribution in [0.2, 0.25) is 0 Å². The molecule has 30 heavy (non-hydrogen) atoms. The molecule has 2 rings (SSSR count). The quantitative estimate of drug-likeness (QED) is 0.375. The molecular formula is C21H28ClN3O4S. The number of hydrogen-bond acceptors (Lipinski definition) is 7. The highest BCUT2D eigenvalue weighted by atomic mass is 35.5. The maximum absolute atomic E-state index is 13.1. The number of alkyl halides is 1. The van der Waals surface area contributed by atoms with E-state index in [9.17, 15) is 8.42 Å². The fourth-order valence-electron chi connectivity index (χ4n) is 2.80. The number of sulfone groups is 1. The van der Waals surface area contributed by atoms with Crippen LogP contribution in [0.15, 0.2) is 58.1 Å². The highest BCUT2D eigenvalue weighted by molar-refractivity contribution is 7.95. The minimum absolute atomic E-state index is 0.0168. The highest BCUT2D eigenvalue weighted by Crippen LogP contribution is 2.34. The van der Waals surface area contributed by atoms with Gasteiger partial charge in [0, 0.05) is 6.07 Å². The standard InChI is InChI=1S/C21H28ClN3O4S/c1-21(2,3)14-6-9-16(10-7-14)30(26,27)20(23)18(13-22)25(24)17-12-15(28-4)8-11-19(17)29-5/h6-12H,13,23-24H2,1-5H3/b20-18+. The van der Waals surface area contributed by atoms with Crippen LogP contribution in [0.3, 0.4) is 0 Å². The molecule has 0 amide bonds. The Morgan fingerprint density at radius 3 is 2.13 bits per heavy atom. The third kappa shape index (κ3) is 4.83. The van der Waals surface area contributed by atoms with E-state index in [1.54, 1.807) is 30.3 Å². The van der Waals surface area contributed by atoms with Gasteiger partial charge in [0.15, 0.2) is 5.03 Å². The first-order chi connectivity index (χ1) is 14.0. The van der Waals surface area contributed by atoms with Crippen LogP contribution < -0.4 is 26.1 Å². The van der Waals surface area contributed by atoms with E-state index in [4.69, 9.17) is 32.7 Å². The smallest absolute Gasteiger partial charge is 0.223 e. The van der Waals surface area contributed by atoms with Gasteiger partial charge < -0.3 is 15.2 Å². The molecule has 0 aliphatic carbocycles. The molecule has 0 saturated carbocycles. The fourth-order valence-corrected chi connectivity index (χ4v) is 4.38. The topological polar surface area (TPSA) is 108 Å². The summed E-state index contributed by atoms with van der Waals surface area (Å²) in [5.41, 5.74) is 7.34. The first-order valence-corrected chi connectivity index (χ1v) is 11.2. The summed E-state index contributed by atoms with van der Waals surface area (Å²) in [6, 6.07) is 11.5. The third-order valence-electron chi connectivity index (χ3n) is 4.67. The van der Waals surface area contributed by atoms with E-state index in [2.05, 4.69) is 0 Å². The number of allylic oxidation sites excluding steroid dienone is 1. The lowest BCUT2D eigenvalue weighted by Gasteiger charge is -2.25. The lowest BCUT2D eigenvalue weighted by Crippen LogP contribution is -2.35. The van der Waals surface area contributed by atoms with Crippen molar-refractivity contribution in [2.75, 3.05) is 25.1 Å². The second-order valence-corrected chi connectivity index (χ2v) is 9.82. The number of hydrogen-bond donors (Lipinski definition) is 2. The van der Waals surface area contributed by atoms with E-state index in [0.29, 0.717) is 17.2 Å². The van der Waals surface area contributed by atoms with Crippen molar-refractivity contribution in [1.29, 1.82) is 0 Å². The Morgan fingerprint density at radius 1 is 1.07 bits per heavy atom. The molecule has 0 aliphatic heterocycles. The van der Waals surface area contributed by atoms with Crippen molar-refractivity contribution < 1.29 is 17.9 Å². The summed E-state index contributed by atoms with van der Waals surface area (Å²) >= 11 is 6.06. The number of anilines is 1. The van der Waals surface area contributed by atoms with E-state index in [0.717, 1.165) is 10.6 Å². The van der Waals surface area contributed by atoms with Gasteiger partial charge in [0.1, 0.15) is 17.2 Å². The van der Waals surface area contributed by atoms with Gasteiger partial charge in [-0.1, -0.05) is 32.9 Å². The highest BCUT2D eigenvalue weighted by Gasteiger charge is 2.26. The zero-order valence-electron chi connectivity index (χ0n) is 17.8. The van der Waals surface area contributed by atoms with Crippen molar-refractivity contribution in [3.63, 3.8) is 0 Å². The molecule has 0 unspecified atom stereocenters. The number of benzene rings is 2. The van der Waals surface area contributed by atoms with Crippen molar-refractivity contribution in [3.8, 4) is 11.5 Å². The molecule has 0 aliphatic rings. The van der Waals surface area contributed by atoms with Crippen LogP contribution in [0.1, 0.15) is 26.3 Å². The van der Waals surface area contributed by atoms with Gasteiger partial charge in [-0.25, -0.2) is 14.3 Å². The second-order valence-electron chi connectivity index (χ2n) is 7.63. The lowest BCUT2D eigenvalue weighted by molar-refractivity contribution is 0.403. The summed E-state index contributed by atoms with van der Waals surface area (Å²) in [5, 5.41) is 0.665. The van der Waals surface area contributed by atoms with Crippen molar-refractivity contribution in [2.45, 2.75) is 31.1 Å². The van der Waals surface area contributed by atoms with E-state index < -0.39 is 14.9 Å². The van der Waals surface area contributed by atoms with Gasteiger partial charge >= 0.3 is 0 Å². The zero-order chi connectivity index (χ0) is 22.7. The molecule has 0 aromatic heterocycles. The minimum Gasteiger partial charge on any atom is -0.497 e. The predicted molar refractivity (Wildman–Crippen MR) is 120 cm³/mol. The summed E-state index contributed by atoms with van der Waals surface area (Å²) in [6.07, 6.45) is 0. The first-order valence-electron chi connectivity index (χ1n) is 9.14. The summed E-state index contributed by atoms with van der Waals surface area (Å²) in [6.45, 7) is 6.14. The van der Waals surface area contributed by atoms with Crippen LogP contribution in [0.4, 0.5) is 5.69 Å². The summed E-state index contributed by atoms with van der Waals surface area (Å²) in [7, 11) is -1.04. The molecule has 4 N–H and O–H groups in total. The molecule has 0 spiro atoms. The van der Waals surface area contributed by atoms with E-state index in [1.165, 1.54) is 26.4 Å². The van der Waals surface area contributed by atoms with Gasteiger partial charge in [-0.3, -0.25) is 5.01 Å². The molecule has 0 bridgehead atoms. The number of nitrogens with two attached hydrogens (primary N) is 2. The van der Waals surface area contributed by atoms with Gasteiger partial charge in [0.2, 0.25) is 9.84 Å². The van der Waals surface area contributed by atoms with Gasteiger partial charge in [-0.05, 0) is 35.2 Å². The van der Waals surface area contributed by atoms with Crippen LogP contribution >= 0.6 is 11.6 Å². The molecule has 0 fully saturated rings. The Labute approximate surface area is 183 Å². The van der Waals surface area contributed by atoms with Gasteiger partial charge in [0.05, 0.1) is 30.7 Å². The Balaban J connectivity index is 2.55. The fraction of sp³-hybridized carbons (Fsp3) is 0.333. The first kappa shape index (κ1) is 23.9. The van der Waals surface area contributed by atoms with Crippen LogP contribution in [0.5, 0.6) is 11.5 Å². The molecular weight excluding hydrogens is 426 g/mol. The third-order valence-corrected chi connectivity index (χ3v) is 6.63. The molecule has 0 saturated heterocycles. The number of ether oxygens (including phenoxy) is 2. The minimum atomic E-state index is -4.02. The number of nitrogens with zero attached hydrogens (tertiary/aromatic N) is 1. The Morgan fingerprint density at radius 2 is 1.67 bits per heavy atom. The average molecular weight is 454 g/mol. The lowest BCUT2D eigenvalue weighted by atomic mass is 9.87. The molecule has 0 atom stereocenters. The number of hydrazine groups is 1. The summed E-state index contributed by atoms with van der Waals surface area (Å²) < 4.78 is 36.8. The average Bonchev–Trinajstić information content (AvgIpc) is 2.72. The van der Waals surface area contributed by atoms with Crippen LogP contribution in [0, 0.1) is 0 Å². The SMILES string of the molecule is COc1ccc(OC)c(N(N)/C(CCl)=C(\N)S(=O)(=O)c2ccc(C(C)(C)C)cc2)c1. The van der Waals surface area contributed by atoms with Crippen molar-refractivity contribution in [3.05, 3.63) is 58.8 Å². The summed E-state index contributed by atoms with van der Waals surface area (Å²) in [4.78, 5) is 0.0571. The maximum atomic E-state index is 13.1. The monoisotopic (exact) mass is 453 g/mol. The predicted octanol–water partition coefficient (Wildman–Crippen LogP) is 3.52. The largest absolute Gasteiger partial charge is 0.497 e. The van der Waals surface area contributed by atoms with Gasteiger partial charge in [-0.2, -0.15) is 0 Å². The normalized spacial score (nSPS) is 12.9. The Kier molecular flexibility index (Phi) is 7.28. The van der Waals surface area contributed by atoms with Crippen molar-refractivity contribution in [1.82, 2.24) is 0 Å². The van der Waals surface area contributed by atoms with E-state index in [-0.39, 0.29) is 21.9 Å². The van der Waals surface area contributed by atoms with Gasteiger partial charge in [0.25, 0.3) is 0 Å². The van der Waals surface area contributed by atoms with Gasteiger partial charge in [-0.15, -0.1) is 11.6 Å². The Hall–Kier alpha value is -2.42. The van der Waals surface area contributed by atoms with Crippen molar-refractivity contribution in [2.24, 2.45) is 11.6 Å². The second kappa shape index (κ2) is 9.16. The van der Waals surface area contributed by atoms with E-state index >= 15 is 0 Å². The molecule has 7 nitrogen and oxygen atoms in total. The van der Waals surface area contributed by atoms with Crippen LogP contribution in [-0.2, 0) is 15.3 Å². The maximum Gasteiger partial charge on any atom is 0.223 e. The number of rotatable bonds is 7. The zero-order valence-corrected chi connectivity index (χ0v) is 19.3. The molecule has 2 aromatic carbocycles. The molecule has 2 aromatic rings. The van der Waals surface area contributed by atoms with Crippen LogP contribution in [-0.4, -0.2) is 28.5 Å². The summed E-state index contributed by atoms with van der Waals surface area (Å²) in [5.74, 6) is 6.90. The van der Waals surface area contributed by atoms with Crippen molar-refractivity contribution >= 4 is 27.1 Å². The molecule has 0 heterocycles. The molecule has 164 valence electrons. The van der Waals surface area contributed by atoms with E-state index in [1.807, 2.05) is 20.8 Å². The van der Waals surface area contributed by atoms with Crippen LogP contribution in [0.25, 0.3) is 0 Å². The molecule has 9 heteroatoms. The number of halogens is 1. The Bertz CT molecular complexity index is 1030.